The second-order valence-electron chi connectivity index (χ2n) is 3.33. The van der Waals surface area contributed by atoms with Gasteiger partial charge >= 0.3 is 0 Å². The maximum Gasteiger partial charge on any atom is 0.239 e. The van der Waals surface area contributed by atoms with Crippen molar-refractivity contribution in [3.8, 4) is 22.6 Å². The maximum atomic E-state index is 11.3. The van der Waals surface area contributed by atoms with Crippen LogP contribution < -0.4 is 5.32 Å². The highest BCUT2D eigenvalue weighted by Crippen LogP contribution is 2.37. The molecule has 2 rings (SSSR count). The zero-order chi connectivity index (χ0) is 13.0. The second-order valence-corrected chi connectivity index (χ2v) is 5.15. The van der Waals surface area contributed by atoms with Crippen LogP contribution in [0.4, 0.5) is 5.00 Å². The molecular weight excluding hydrogens is 266 g/mol. The number of carbonyl (C=O) groups excluding carboxylic acids is 1. The largest absolute Gasteiger partial charge is 0.316 e. The lowest BCUT2D eigenvalue weighted by atomic mass is 10.1. The monoisotopic (exact) mass is 273 g/mol. The summed E-state index contributed by atoms with van der Waals surface area (Å²) in [7, 11) is 0. The zero-order valence-electron chi connectivity index (χ0n) is 9.14. The van der Waals surface area contributed by atoms with Gasteiger partial charge in [0.1, 0.15) is 17.5 Å². The molecule has 0 aliphatic rings. The molecule has 2 heterocycles. The summed E-state index contributed by atoms with van der Waals surface area (Å²) in [6, 6.07) is 7.71. The highest BCUT2D eigenvalue weighted by atomic mass is 32.1. The summed E-state index contributed by atoms with van der Waals surface area (Å²) in [6.07, 6.45) is -0.211. The van der Waals surface area contributed by atoms with E-state index in [0.29, 0.717) is 10.6 Å². The van der Waals surface area contributed by atoms with Crippen LogP contribution in [0.1, 0.15) is 12.0 Å². The van der Waals surface area contributed by atoms with Crippen LogP contribution in [0.2, 0.25) is 0 Å². The molecule has 0 saturated carbocycles. The van der Waals surface area contributed by atoms with Crippen LogP contribution in [0.3, 0.4) is 0 Å². The van der Waals surface area contributed by atoms with Crippen LogP contribution in [0.25, 0.3) is 10.4 Å². The number of nitriles is 2. The average molecular weight is 273 g/mol. The fourth-order valence-corrected chi connectivity index (χ4v) is 3.17. The van der Waals surface area contributed by atoms with Crippen molar-refractivity contribution in [2.45, 2.75) is 6.42 Å². The van der Waals surface area contributed by atoms with Crippen molar-refractivity contribution in [2.75, 3.05) is 5.32 Å². The van der Waals surface area contributed by atoms with Crippen LogP contribution in [0.5, 0.6) is 0 Å². The highest BCUT2D eigenvalue weighted by molar-refractivity contribution is 7.16. The normalized spacial score (nSPS) is 9.44. The van der Waals surface area contributed by atoms with E-state index < -0.39 is 5.91 Å². The minimum absolute atomic E-state index is 0.211. The first-order chi connectivity index (χ1) is 8.76. The van der Waals surface area contributed by atoms with Gasteiger partial charge in [-0.1, -0.05) is 6.07 Å². The lowest BCUT2D eigenvalue weighted by Crippen LogP contribution is -2.09. The van der Waals surface area contributed by atoms with Gasteiger partial charge in [0.15, 0.2) is 0 Å². The molecule has 0 aromatic carbocycles. The number of rotatable bonds is 3. The Kier molecular flexibility index (Phi) is 3.73. The van der Waals surface area contributed by atoms with Crippen molar-refractivity contribution in [3.05, 3.63) is 28.5 Å². The minimum atomic E-state index is -0.395. The highest BCUT2D eigenvalue weighted by Gasteiger charge is 2.15. The molecule has 0 saturated heterocycles. The number of amides is 1. The molecule has 0 fully saturated rings. The molecule has 6 heteroatoms. The molecule has 0 unspecified atom stereocenters. The first-order valence-electron chi connectivity index (χ1n) is 4.98. The summed E-state index contributed by atoms with van der Waals surface area (Å²) in [4.78, 5) is 12.3. The van der Waals surface area contributed by atoms with Gasteiger partial charge in [0, 0.05) is 15.8 Å². The molecular formula is C12H7N3OS2. The van der Waals surface area contributed by atoms with Crippen LogP contribution >= 0.6 is 22.7 Å². The van der Waals surface area contributed by atoms with E-state index in [4.69, 9.17) is 5.26 Å². The van der Waals surface area contributed by atoms with E-state index in [-0.39, 0.29) is 6.42 Å². The molecule has 4 nitrogen and oxygen atoms in total. The van der Waals surface area contributed by atoms with Gasteiger partial charge in [-0.15, -0.1) is 22.7 Å². The van der Waals surface area contributed by atoms with Crippen molar-refractivity contribution in [1.29, 1.82) is 10.5 Å². The van der Waals surface area contributed by atoms with Crippen LogP contribution in [0, 0.1) is 22.7 Å². The number of anilines is 1. The zero-order valence-corrected chi connectivity index (χ0v) is 10.8. The fourth-order valence-electron chi connectivity index (χ4n) is 1.42. The predicted molar refractivity (Wildman–Crippen MR) is 71.2 cm³/mol. The topological polar surface area (TPSA) is 76.7 Å². The van der Waals surface area contributed by atoms with E-state index in [9.17, 15) is 10.1 Å². The van der Waals surface area contributed by atoms with Crippen LogP contribution in [-0.2, 0) is 4.79 Å². The lowest BCUT2D eigenvalue weighted by molar-refractivity contribution is -0.115. The van der Waals surface area contributed by atoms with E-state index in [1.807, 2.05) is 22.9 Å². The summed E-state index contributed by atoms with van der Waals surface area (Å²) in [5.41, 5.74) is 1.28. The first-order valence-corrected chi connectivity index (χ1v) is 6.74. The molecule has 88 valence electrons. The standard InChI is InChI=1S/C12H7N3OS2/c13-4-3-11(16)15-12-8(6-14)9(7-18-12)10-2-1-5-17-10/h1-2,5,7H,3H2,(H,15,16). The molecule has 1 amide bonds. The molecule has 2 aromatic rings. The summed E-state index contributed by atoms with van der Waals surface area (Å²) in [6.45, 7) is 0. The number of carbonyl (C=O) groups is 1. The molecule has 0 radical (unpaired) electrons. The Hall–Kier alpha value is -2.15. The number of thiophene rings is 2. The Morgan fingerprint density at radius 2 is 2.22 bits per heavy atom. The smallest absolute Gasteiger partial charge is 0.239 e. The molecule has 0 spiro atoms. The van der Waals surface area contributed by atoms with Gasteiger partial charge in [0.2, 0.25) is 5.91 Å². The molecule has 0 atom stereocenters. The van der Waals surface area contributed by atoms with E-state index in [1.165, 1.54) is 22.7 Å². The summed E-state index contributed by atoms with van der Waals surface area (Å²) in [5, 5.41) is 24.5. The van der Waals surface area contributed by atoms with Gasteiger partial charge in [-0.3, -0.25) is 4.79 Å². The number of hydrogen-bond acceptors (Lipinski definition) is 5. The Balaban J connectivity index is 2.32. The van der Waals surface area contributed by atoms with E-state index in [1.54, 1.807) is 6.07 Å². The minimum Gasteiger partial charge on any atom is -0.316 e. The van der Waals surface area contributed by atoms with Crippen LogP contribution in [0.15, 0.2) is 22.9 Å². The van der Waals surface area contributed by atoms with Crippen molar-refractivity contribution < 1.29 is 4.79 Å². The van der Waals surface area contributed by atoms with Crippen molar-refractivity contribution in [3.63, 3.8) is 0 Å². The van der Waals surface area contributed by atoms with Crippen LogP contribution in [-0.4, -0.2) is 5.91 Å². The number of nitrogens with one attached hydrogen (secondary N) is 1. The third kappa shape index (κ3) is 2.40. The van der Waals surface area contributed by atoms with Gasteiger partial charge in [-0.2, -0.15) is 10.5 Å². The molecule has 0 bridgehead atoms. The van der Waals surface area contributed by atoms with E-state index in [0.717, 1.165) is 10.4 Å². The third-order valence-corrected chi connectivity index (χ3v) is 3.98. The maximum absolute atomic E-state index is 11.3. The number of nitrogens with zero attached hydrogens (tertiary/aromatic N) is 2. The SMILES string of the molecule is N#CCC(=O)Nc1scc(-c2cccs2)c1C#N. The summed E-state index contributed by atoms with van der Waals surface area (Å²) >= 11 is 2.83. The van der Waals surface area contributed by atoms with Gasteiger partial charge in [-0.05, 0) is 11.4 Å². The molecule has 2 aromatic heterocycles. The Bertz CT molecular complexity index is 644. The lowest BCUT2D eigenvalue weighted by Gasteiger charge is -2.00. The second kappa shape index (κ2) is 5.46. The quantitative estimate of drug-likeness (QED) is 0.932. The van der Waals surface area contributed by atoms with Gasteiger partial charge in [0.25, 0.3) is 0 Å². The molecule has 1 N–H and O–H groups in total. The molecule has 0 aliphatic heterocycles. The Labute approximate surface area is 112 Å². The fraction of sp³-hybridized carbons (Fsp3) is 0.0833. The van der Waals surface area contributed by atoms with Crippen molar-refractivity contribution in [1.82, 2.24) is 0 Å². The van der Waals surface area contributed by atoms with E-state index >= 15 is 0 Å². The Morgan fingerprint density at radius 3 is 2.83 bits per heavy atom. The van der Waals surface area contributed by atoms with Crippen molar-refractivity contribution >= 4 is 33.6 Å². The number of hydrogen-bond donors (Lipinski definition) is 1. The molecule has 18 heavy (non-hydrogen) atoms. The van der Waals surface area contributed by atoms with Crippen molar-refractivity contribution in [2.24, 2.45) is 0 Å². The van der Waals surface area contributed by atoms with Gasteiger partial charge in [0.05, 0.1) is 11.6 Å². The third-order valence-electron chi connectivity index (χ3n) is 2.18. The average Bonchev–Trinajstić information content (AvgIpc) is 2.97. The first kappa shape index (κ1) is 12.3. The summed E-state index contributed by atoms with van der Waals surface area (Å²) in [5.74, 6) is -0.395. The van der Waals surface area contributed by atoms with E-state index in [2.05, 4.69) is 11.4 Å². The Morgan fingerprint density at radius 1 is 1.39 bits per heavy atom. The van der Waals surface area contributed by atoms with Gasteiger partial charge in [-0.25, -0.2) is 0 Å². The molecule has 0 aliphatic carbocycles. The summed E-state index contributed by atoms with van der Waals surface area (Å²) < 4.78 is 0. The predicted octanol–water partition coefficient (Wildman–Crippen LogP) is 3.20. The van der Waals surface area contributed by atoms with Gasteiger partial charge < -0.3 is 5.32 Å².